The van der Waals surface area contributed by atoms with Gasteiger partial charge in [-0.05, 0) is 31.2 Å². The summed E-state index contributed by atoms with van der Waals surface area (Å²) in [5.41, 5.74) is 4.04. The van der Waals surface area contributed by atoms with Crippen molar-refractivity contribution in [2.24, 2.45) is 5.92 Å². The predicted molar refractivity (Wildman–Crippen MR) is 96.2 cm³/mol. The molecule has 1 amide bonds. The van der Waals surface area contributed by atoms with Crippen molar-refractivity contribution in [3.63, 3.8) is 0 Å². The standard InChI is InChI=1S/C19H21N5O2/c1-12-5-3-4-6-15(12)18-22-19(26-23-18)16-11-21-24-8-7-14(9-17(16)24)10-20-13(2)25/h3-6,11,14H,7-10H2,1-2H3,(H,20,25). The summed E-state index contributed by atoms with van der Waals surface area (Å²) in [5.74, 6) is 1.47. The Hall–Kier alpha value is -2.96. The Bertz CT molecular complexity index is 943. The van der Waals surface area contributed by atoms with Crippen molar-refractivity contribution in [3.05, 3.63) is 41.7 Å². The molecule has 0 fully saturated rings. The third kappa shape index (κ3) is 3.12. The monoisotopic (exact) mass is 351 g/mol. The number of rotatable bonds is 4. The summed E-state index contributed by atoms with van der Waals surface area (Å²) >= 11 is 0. The van der Waals surface area contributed by atoms with Crippen LogP contribution in [0.1, 0.15) is 24.6 Å². The van der Waals surface area contributed by atoms with E-state index < -0.39 is 0 Å². The van der Waals surface area contributed by atoms with E-state index in [4.69, 9.17) is 4.52 Å². The number of benzene rings is 1. The fraction of sp³-hybridized carbons (Fsp3) is 0.368. The molecule has 26 heavy (non-hydrogen) atoms. The normalized spacial score (nSPS) is 16.3. The fourth-order valence-electron chi connectivity index (χ4n) is 3.41. The van der Waals surface area contributed by atoms with E-state index in [0.29, 0.717) is 24.2 Å². The lowest BCUT2D eigenvalue weighted by molar-refractivity contribution is -0.119. The number of hydrogen-bond acceptors (Lipinski definition) is 5. The molecular formula is C19H21N5O2. The highest BCUT2D eigenvalue weighted by atomic mass is 16.5. The molecule has 0 radical (unpaired) electrons. The molecule has 4 rings (SSSR count). The van der Waals surface area contributed by atoms with Crippen molar-refractivity contribution >= 4 is 5.91 Å². The van der Waals surface area contributed by atoms with Gasteiger partial charge in [0.2, 0.25) is 11.7 Å². The van der Waals surface area contributed by atoms with Gasteiger partial charge in [0.05, 0.1) is 17.5 Å². The molecule has 0 aliphatic carbocycles. The van der Waals surface area contributed by atoms with Crippen LogP contribution in [0.3, 0.4) is 0 Å². The van der Waals surface area contributed by atoms with Crippen LogP contribution in [-0.2, 0) is 17.8 Å². The number of amides is 1. The minimum absolute atomic E-state index is 0.00378. The molecule has 134 valence electrons. The maximum absolute atomic E-state index is 11.2. The summed E-state index contributed by atoms with van der Waals surface area (Å²) in [6.45, 7) is 5.08. The van der Waals surface area contributed by atoms with Crippen LogP contribution in [0.4, 0.5) is 0 Å². The number of hydrogen-bond donors (Lipinski definition) is 1. The molecule has 1 atom stereocenters. The summed E-state index contributed by atoms with van der Waals surface area (Å²) in [6, 6.07) is 7.97. The van der Waals surface area contributed by atoms with Crippen molar-refractivity contribution in [2.45, 2.75) is 33.2 Å². The highest BCUT2D eigenvalue weighted by molar-refractivity contribution is 5.72. The zero-order valence-corrected chi connectivity index (χ0v) is 14.9. The molecule has 1 aromatic carbocycles. The van der Waals surface area contributed by atoms with E-state index in [2.05, 4.69) is 20.6 Å². The van der Waals surface area contributed by atoms with Gasteiger partial charge in [0.15, 0.2) is 0 Å². The van der Waals surface area contributed by atoms with Crippen molar-refractivity contribution < 1.29 is 9.32 Å². The SMILES string of the molecule is CC(=O)NCC1CCn2ncc(-c3nc(-c4ccccc4C)no3)c2C1. The topological polar surface area (TPSA) is 85.8 Å². The molecule has 0 saturated heterocycles. The zero-order chi connectivity index (χ0) is 18.1. The van der Waals surface area contributed by atoms with Crippen molar-refractivity contribution in [2.75, 3.05) is 6.54 Å². The molecular weight excluding hydrogens is 330 g/mol. The second kappa shape index (κ2) is 6.74. The molecule has 0 bridgehead atoms. The molecule has 1 aliphatic heterocycles. The van der Waals surface area contributed by atoms with Gasteiger partial charge < -0.3 is 9.84 Å². The van der Waals surface area contributed by atoms with E-state index in [1.165, 1.54) is 0 Å². The minimum atomic E-state index is 0.00378. The first-order chi connectivity index (χ1) is 12.6. The summed E-state index contributed by atoms with van der Waals surface area (Å²) < 4.78 is 7.53. The molecule has 0 spiro atoms. The third-order valence-corrected chi connectivity index (χ3v) is 4.86. The quantitative estimate of drug-likeness (QED) is 0.781. The maximum atomic E-state index is 11.2. The van der Waals surface area contributed by atoms with E-state index in [-0.39, 0.29) is 5.91 Å². The predicted octanol–water partition coefficient (Wildman–Crippen LogP) is 2.61. The first kappa shape index (κ1) is 16.5. The van der Waals surface area contributed by atoms with Gasteiger partial charge in [-0.25, -0.2) is 0 Å². The molecule has 7 nitrogen and oxygen atoms in total. The maximum Gasteiger partial charge on any atom is 0.261 e. The Balaban J connectivity index is 1.60. The Morgan fingerprint density at radius 2 is 2.19 bits per heavy atom. The minimum Gasteiger partial charge on any atom is -0.356 e. The average Bonchev–Trinajstić information content (AvgIpc) is 3.26. The van der Waals surface area contributed by atoms with Crippen LogP contribution in [0.2, 0.25) is 0 Å². The summed E-state index contributed by atoms with van der Waals surface area (Å²) in [4.78, 5) is 15.8. The summed E-state index contributed by atoms with van der Waals surface area (Å²) in [5, 5.41) is 11.5. The Morgan fingerprint density at radius 1 is 1.35 bits per heavy atom. The molecule has 7 heteroatoms. The van der Waals surface area contributed by atoms with E-state index in [9.17, 15) is 4.79 Å². The summed E-state index contributed by atoms with van der Waals surface area (Å²) in [6.07, 6.45) is 3.62. The largest absolute Gasteiger partial charge is 0.356 e. The molecule has 0 saturated carbocycles. The Kier molecular flexibility index (Phi) is 4.28. The molecule has 1 aliphatic rings. The lowest BCUT2D eigenvalue weighted by Crippen LogP contribution is -2.32. The number of aryl methyl sites for hydroxylation is 2. The number of carbonyl (C=O) groups is 1. The van der Waals surface area contributed by atoms with Gasteiger partial charge in [-0.15, -0.1) is 0 Å². The average molecular weight is 351 g/mol. The Labute approximate surface area is 151 Å². The van der Waals surface area contributed by atoms with E-state index >= 15 is 0 Å². The lowest BCUT2D eigenvalue weighted by Gasteiger charge is -2.23. The number of aromatic nitrogens is 4. The smallest absolute Gasteiger partial charge is 0.261 e. The van der Waals surface area contributed by atoms with Crippen LogP contribution in [0.15, 0.2) is 35.0 Å². The van der Waals surface area contributed by atoms with Crippen molar-refractivity contribution in [3.8, 4) is 22.8 Å². The summed E-state index contributed by atoms with van der Waals surface area (Å²) in [7, 11) is 0. The molecule has 3 heterocycles. The number of nitrogens with one attached hydrogen (secondary N) is 1. The second-order valence-electron chi connectivity index (χ2n) is 6.76. The van der Waals surface area contributed by atoms with Crippen molar-refractivity contribution in [1.29, 1.82) is 0 Å². The van der Waals surface area contributed by atoms with Gasteiger partial charge in [0.25, 0.3) is 5.89 Å². The highest BCUT2D eigenvalue weighted by Crippen LogP contribution is 2.30. The fourth-order valence-corrected chi connectivity index (χ4v) is 3.41. The van der Waals surface area contributed by atoms with Crippen LogP contribution in [0, 0.1) is 12.8 Å². The van der Waals surface area contributed by atoms with E-state index in [1.54, 1.807) is 13.1 Å². The number of nitrogens with zero attached hydrogens (tertiary/aromatic N) is 4. The van der Waals surface area contributed by atoms with Crippen LogP contribution in [0.25, 0.3) is 22.8 Å². The van der Waals surface area contributed by atoms with Gasteiger partial charge in [-0.1, -0.05) is 29.4 Å². The van der Waals surface area contributed by atoms with Gasteiger partial charge >= 0.3 is 0 Å². The van der Waals surface area contributed by atoms with Crippen LogP contribution >= 0.6 is 0 Å². The van der Waals surface area contributed by atoms with Gasteiger partial charge in [0.1, 0.15) is 0 Å². The van der Waals surface area contributed by atoms with Gasteiger partial charge in [0, 0.05) is 25.6 Å². The Morgan fingerprint density at radius 3 is 3.00 bits per heavy atom. The van der Waals surface area contributed by atoms with Crippen molar-refractivity contribution in [1.82, 2.24) is 25.2 Å². The van der Waals surface area contributed by atoms with Crippen LogP contribution in [-0.4, -0.2) is 32.4 Å². The lowest BCUT2D eigenvalue weighted by atomic mass is 9.94. The molecule has 1 N–H and O–H groups in total. The second-order valence-corrected chi connectivity index (χ2v) is 6.76. The zero-order valence-electron chi connectivity index (χ0n) is 14.9. The van der Waals surface area contributed by atoms with Crippen LogP contribution in [0.5, 0.6) is 0 Å². The molecule has 2 aromatic heterocycles. The third-order valence-electron chi connectivity index (χ3n) is 4.86. The number of carbonyl (C=O) groups excluding carboxylic acids is 1. The van der Waals surface area contributed by atoms with E-state index in [1.807, 2.05) is 35.9 Å². The van der Waals surface area contributed by atoms with E-state index in [0.717, 1.165) is 41.8 Å². The van der Waals surface area contributed by atoms with Gasteiger partial charge in [-0.3, -0.25) is 9.48 Å². The van der Waals surface area contributed by atoms with Crippen LogP contribution < -0.4 is 5.32 Å². The highest BCUT2D eigenvalue weighted by Gasteiger charge is 2.25. The first-order valence-corrected chi connectivity index (χ1v) is 8.81. The molecule has 3 aromatic rings. The van der Waals surface area contributed by atoms with Gasteiger partial charge in [-0.2, -0.15) is 10.1 Å². The molecule has 1 unspecified atom stereocenters. The first-order valence-electron chi connectivity index (χ1n) is 8.81. The number of fused-ring (bicyclic) bond motifs is 1.